The SMILES string of the molecule is Cc1ccc(C(=O)NCc2ccc(OC(C)C)nc2)cc1S(=O)(=O)N1CCOCC1. The van der Waals surface area contributed by atoms with E-state index in [9.17, 15) is 13.2 Å². The third-order valence-electron chi connectivity index (χ3n) is 4.65. The third kappa shape index (κ3) is 5.35. The number of nitrogens with zero attached hydrogens (tertiary/aromatic N) is 2. The lowest BCUT2D eigenvalue weighted by atomic mass is 10.1. The minimum atomic E-state index is -3.68. The van der Waals surface area contributed by atoms with Gasteiger partial charge in [0.1, 0.15) is 0 Å². The van der Waals surface area contributed by atoms with E-state index in [0.29, 0.717) is 43.3 Å². The van der Waals surface area contributed by atoms with Crippen molar-refractivity contribution in [1.29, 1.82) is 0 Å². The monoisotopic (exact) mass is 433 g/mol. The zero-order chi connectivity index (χ0) is 21.7. The lowest BCUT2D eigenvalue weighted by Gasteiger charge is -2.26. The maximum absolute atomic E-state index is 13.0. The van der Waals surface area contributed by atoms with E-state index in [4.69, 9.17) is 9.47 Å². The van der Waals surface area contributed by atoms with Gasteiger partial charge in [0.05, 0.1) is 24.2 Å². The summed E-state index contributed by atoms with van der Waals surface area (Å²) in [5.74, 6) is 0.174. The highest BCUT2D eigenvalue weighted by Gasteiger charge is 2.28. The Balaban J connectivity index is 1.70. The molecule has 30 heavy (non-hydrogen) atoms. The van der Waals surface area contributed by atoms with Crippen molar-refractivity contribution in [3.8, 4) is 5.88 Å². The van der Waals surface area contributed by atoms with Crippen molar-refractivity contribution in [1.82, 2.24) is 14.6 Å². The molecule has 8 nitrogen and oxygen atoms in total. The van der Waals surface area contributed by atoms with Gasteiger partial charge in [0, 0.05) is 37.5 Å². The molecule has 0 aliphatic carbocycles. The average molecular weight is 434 g/mol. The lowest BCUT2D eigenvalue weighted by molar-refractivity contribution is 0.0730. The number of hydrogen-bond donors (Lipinski definition) is 1. The summed E-state index contributed by atoms with van der Waals surface area (Å²) in [6, 6.07) is 8.30. The summed E-state index contributed by atoms with van der Waals surface area (Å²) in [6.07, 6.45) is 1.68. The molecule has 0 atom stereocenters. The van der Waals surface area contributed by atoms with E-state index < -0.39 is 10.0 Å². The number of pyridine rings is 1. The first-order chi connectivity index (χ1) is 14.3. The highest BCUT2D eigenvalue weighted by Crippen LogP contribution is 2.22. The number of rotatable bonds is 7. The smallest absolute Gasteiger partial charge is 0.251 e. The number of ether oxygens (including phenoxy) is 2. The number of aromatic nitrogens is 1. The molecule has 1 aromatic carbocycles. The van der Waals surface area contributed by atoms with Gasteiger partial charge in [0.25, 0.3) is 5.91 Å². The second-order valence-electron chi connectivity index (χ2n) is 7.35. The zero-order valence-electron chi connectivity index (χ0n) is 17.4. The van der Waals surface area contributed by atoms with Crippen molar-refractivity contribution in [3.63, 3.8) is 0 Å². The Morgan fingerprint density at radius 1 is 1.23 bits per heavy atom. The zero-order valence-corrected chi connectivity index (χ0v) is 18.2. The van der Waals surface area contributed by atoms with E-state index in [-0.39, 0.29) is 23.5 Å². The number of amides is 1. The van der Waals surface area contributed by atoms with Crippen LogP contribution in [0.5, 0.6) is 5.88 Å². The molecule has 0 radical (unpaired) electrons. The number of sulfonamides is 1. The Morgan fingerprint density at radius 3 is 2.60 bits per heavy atom. The van der Waals surface area contributed by atoms with Gasteiger partial charge in [-0.05, 0) is 44.0 Å². The van der Waals surface area contributed by atoms with E-state index in [2.05, 4.69) is 10.3 Å². The molecule has 9 heteroatoms. The number of carbonyl (C=O) groups is 1. The van der Waals surface area contributed by atoms with Crippen LogP contribution < -0.4 is 10.1 Å². The van der Waals surface area contributed by atoms with Crippen LogP contribution >= 0.6 is 0 Å². The molecule has 0 saturated carbocycles. The fourth-order valence-corrected chi connectivity index (χ4v) is 4.72. The van der Waals surface area contributed by atoms with Gasteiger partial charge in [0.15, 0.2) is 0 Å². The average Bonchev–Trinajstić information content (AvgIpc) is 2.73. The first kappa shape index (κ1) is 22.2. The number of morpholine rings is 1. The van der Waals surface area contributed by atoms with Crippen molar-refractivity contribution >= 4 is 15.9 Å². The van der Waals surface area contributed by atoms with Gasteiger partial charge in [-0.3, -0.25) is 4.79 Å². The van der Waals surface area contributed by atoms with Gasteiger partial charge in [0.2, 0.25) is 15.9 Å². The molecule has 2 heterocycles. The van der Waals surface area contributed by atoms with E-state index in [1.165, 1.54) is 10.4 Å². The number of hydrogen-bond acceptors (Lipinski definition) is 6. The van der Waals surface area contributed by atoms with Gasteiger partial charge < -0.3 is 14.8 Å². The van der Waals surface area contributed by atoms with Gasteiger partial charge in [-0.2, -0.15) is 4.31 Å². The summed E-state index contributed by atoms with van der Waals surface area (Å²) in [5.41, 5.74) is 1.70. The molecule has 1 N–H and O–H groups in total. The fraction of sp³-hybridized carbons (Fsp3) is 0.429. The molecule has 0 spiro atoms. The number of nitrogens with one attached hydrogen (secondary N) is 1. The van der Waals surface area contributed by atoms with Crippen LogP contribution in [0.4, 0.5) is 0 Å². The summed E-state index contributed by atoms with van der Waals surface area (Å²) in [5, 5.41) is 2.80. The second-order valence-corrected chi connectivity index (χ2v) is 9.26. The Kier molecular flexibility index (Phi) is 7.06. The molecule has 1 fully saturated rings. The maximum atomic E-state index is 13.0. The largest absolute Gasteiger partial charge is 0.475 e. The Bertz CT molecular complexity index is 984. The molecular formula is C21H27N3O5S. The number of benzene rings is 1. The molecule has 162 valence electrons. The molecule has 0 unspecified atom stereocenters. The summed E-state index contributed by atoms with van der Waals surface area (Å²) in [6.45, 7) is 7.19. The van der Waals surface area contributed by atoms with Gasteiger partial charge >= 0.3 is 0 Å². The lowest BCUT2D eigenvalue weighted by Crippen LogP contribution is -2.41. The van der Waals surface area contributed by atoms with Crippen molar-refractivity contribution in [3.05, 3.63) is 53.2 Å². The maximum Gasteiger partial charge on any atom is 0.251 e. The van der Waals surface area contributed by atoms with Crippen LogP contribution in [0.15, 0.2) is 41.4 Å². The first-order valence-electron chi connectivity index (χ1n) is 9.85. The Hall–Kier alpha value is -2.49. The van der Waals surface area contributed by atoms with Crippen LogP contribution in [-0.2, 0) is 21.3 Å². The van der Waals surface area contributed by atoms with Crippen molar-refractivity contribution < 1.29 is 22.7 Å². The standard InChI is InChI=1S/C21H27N3O5S/c1-15(2)29-20-7-5-17(13-22-20)14-23-21(25)18-6-4-16(3)19(12-18)30(26,27)24-8-10-28-11-9-24/h4-7,12-13,15H,8-11,14H2,1-3H3,(H,23,25). The quantitative estimate of drug-likeness (QED) is 0.718. The van der Waals surface area contributed by atoms with Crippen LogP contribution in [-0.4, -0.2) is 56.0 Å². The van der Waals surface area contributed by atoms with Crippen molar-refractivity contribution in [2.75, 3.05) is 26.3 Å². The third-order valence-corrected chi connectivity index (χ3v) is 6.69. The van der Waals surface area contributed by atoms with E-state index >= 15 is 0 Å². The highest BCUT2D eigenvalue weighted by molar-refractivity contribution is 7.89. The minimum Gasteiger partial charge on any atom is -0.475 e. The van der Waals surface area contributed by atoms with Crippen LogP contribution in [0.2, 0.25) is 0 Å². The van der Waals surface area contributed by atoms with Gasteiger partial charge in [-0.15, -0.1) is 0 Å². The van der Waals surface area contributed by atoms with Crippen LogP contribution in [0.3, 0.4) is 0 Å². The minimum absolute atomic E-state index is 0.0347. The Labute approximate surface area is 177 Å². The molecule has 1 saturated heterocycles. The van der Waals surface area contributed by atoms with E-state index in [1.54, 1.807) is 31.3 Å². The highest BCUT2D eigenvalue weighted by atomic mass is 32.2. The Morgan fingerprint density at radius 2 is 1.97 bits per heavy atom. The predicted octanol–water partition coefficient (Wildman–Crippen LogP) is 2.13. The molecule has 2 aromatic rings. The van der Waals surface area contributed by atoms with E-state index in [0.717, 1.165) is 5.56 Å². The summed E-state index contributed by atoms with van der Waals surface area (Å²) < 4.78 is 38.1. The van der Waals surface area contributed by atoms with Crippen molar-refractivity contribution in [2.45, 2.75) is 38.3 Å². The summed E-state index contributed by atoms with van der Waals surface area (Å²) in [7, 11) is -3.68. The molecule has 1 aliphatic heterocycles. The molecule has 3 rings (SSSR count). The first-order valence-corrected chi connectivity index (χ1v) is 11.3. The van der Waals surface area contributed by atoms with Crippen LogP contribution in [0.1, 0.15) is 35.3 Å². The normalized spacial score (nSPS) is 15.2. The fourth-order valence-electron chi connectivity index (χ4n) is 3.06. The van der Waals surface area contributed by atoms with Gasteiger partial charge in [-0.1, -0.05) is 12.1 Å². The van der Waals surface area contributed by atoms with Crippen LogP contribution in [0.25, 0.3) is 0 Å². The number of carbonyl (C=O) groups excluding carboxylic acids is 1. The molecule has 1 amide bonds. The molecular weight excluding hydrogens is 406 g/mol. The van der Waals surface area contributed by atoms with Gasteiger partial charge in [-0.25, -0.2) is 13.4 Å². The molecule has 1 aliphatic rings. The summed E-state index contributed by atoms with van der Waals surface area (Å²) >= 11 is 0. The predicted molar refractivity (Wildman–Crippen MR) is 112 cm³/mol. The summed E-state index contributed by atoms with van der Waals surface area (Å²) in [4.78, 5) is 17.0. The topological polar surface area (TPSA) is 97.8 Å². The molecule has 1 aromatic heterocycles. The number of aryl methyl sites for hydroxylation is 1. The second kappa shape index (κ2) is 9.55. The van der Waals surface area contributed by atoms with Crippen LogP contribution in [0, 0.1) is 6.92 Å². The molecule has 0 bridgehead atoms. The van der Waals surface area contributed by atoms with E-state index in [1.807, 2.05) is 19.9 Å². The van der Waals surface area contributed by atoms with Crippen molar-refractivity contribution in [2.24, 2.45) is 0 Å².